The maximum absolute atomic E-state index is 13.0. The molecular weight excluding hydrogens is 281 g/mol. The normalized spacial score (nSPS) is 21.3. The van der Waals surface area contributed by atoms with Crippen molar-refractivity contribution in [1.82, 2.24) is 14.5 Å². The number of carbonyl (C=O) groups excluding carboxylic acids is 1. The van der Waals surface area contributed by atoms with Crippen LogP contribution in [0, 0.1) is 11.7 Å². The van der Waals surface area contributed by atoms with Gasteiger partial charge in [-0.05, 0) is 30.5 Å². The first kappa shape index (κ1) is 14.8. The molecule has 5 heteroatoms. The van der Waals surface area contributed by atoms with Crippen molar-refractivity contribution in [3.8, 4) is 0 Å². The van der Waals surface area contributed by atoms with Crippen LogP contribution in [0.2, 0.25) is 0 Å². The SMILES string of the molecule is CC(C)C1C(=O)N(Cc2ccc(F)cc2)C(C)c2cncn21. The van der Waals surface area contributed by atoms with Gasteiger partial charge in [0.05, 0.1) is 24.3 Å². The average molecular weight is 301 g/mol. The molecule has 0 fully saturated rings. The first-order chi connectivity index (χ1) is 10.5. The zero-order chi connectivity index (χ0) is 15.9. The molecular formula is C17H20FN3O. The first-order valence-electron chi connectivity index (χ1n) is 7.55. The summed E-state index contributed by atoms with van der Waals surface area (Å²) < 4.78 is 15.0. The summed E-state index contributed by atoms with van der Waals surface area (Å²) in [6, 6.07) is 6.04. The summed E-state index contributed by atoms with van der Waals surface area (Å²) in [5.74, 6) is 0.0147. The van der Waals surface area contributed by atoms with Gasteiger partial charge in [-0.3, -0.25) is 4.79 Å². The Kier molecular flexibility index (Phi) is 3.72. The molecule has 3 rings (SSSR count). The number of imidazole rings is 1. The maximum atomic E-state index is 13.0. The fraction of sp³-hybridized carbons (Fsp3) is 0.412. The van der Waals surface area contributed by atoms with E-state index in [9.17, 15) is 9.18 Å². The highest BCUT2D eigenvalue weighted by molar-refractivity contribution is 5.82. The molecule has 2 atom stereocenters. The Hall–Kier alpha value is -2.17. The maximum Gasteiger partial charge on any atom is 0.246 e. The Morgan fingerprint density at radius 2 is 1.95 bits per heavy atom. The molecule has 22 heavy (non-hydrogen) atoms. The van der Waals surface area contributed by atoms with Crippen LogP contribution in [-0.2, 0) is 11.3 Å². The molecule has 2 heterocycles. The molecule has 0 saturated carbocycles. The van der Waals surface area contributed by atoms with E-state index >= 15 is 0 Å². The van der Waals surface area contributed by atoms with Gasteiger partial charge in [0, 0.05) is 6.54 Å². The summed E-state index contributed by atoms with van der Waals surface area (Å²) in [6.07, 6.45) is 3.56. The van der Waals surface area contributed by atoms with Crippen molar-refractivity contribution in [2.45, 2.75) is 39.4 Å². The molecule has 0 bridgehead atoms. The first-order valence-corrected chi connectivity index (χ1v) is 7.55. The molecule has 0 N–H and O–H groups in total. The standard InChI is InChI=1S/C17H20FN3O/c1-11(2)16-17(22)20(9-13-4-6-14(18)7-5-13)12(3)15-8-19-10-21(15)16/h4-8,10-12,16H,9H2,1-3H3. The topological polar surface area (TPSA) is 38.1 Å². The Bertz CT molecular complexity index is 677. The van der Waals surface area contributed by atoms with Crippen molar-refractivity contribution in [2.75, 3.05) is 0 Å². The molecule has 1 aromatic carbocycles. The van der Waals surface area contributed by atoms with Gasteiger partial charge in [-0.15, -0.1) is 0 Å². The second-order valence-corrected chi connectivity index (χ2v) is 6.18. The second kappa shape index (κ2) is 5.55. The molecule has 0 saturated heterocycles. The van der Waals surface area contributed by atoms with Gasteiger partial charge in [0.1, 0.15) is 11.9 Å². The van der Waals surface area contributed by atoms with Crippen LogP contribution in [0.3, 0.4) is 0 Å². The summed E-state index contributed by atoms with van der Waals surface area (Å²) in [5.41, 5.74) is 1.97. The van der Waals surface area contributed by atoms with Crippen LogP contribution in [0.5, 0.6) is 0 Å². The van der Waals surface area contributed by atoms with Crippen molar-refractivity contribution in [1.29, 1.82) is 0 Å². The van der Waals surface area contributed by atoms with Crippen LogP contribution >= 0.6 is 0 Å². The van der Waals surface area contributed by atoms with E-state index < -0.39 is 0 Å². The molecule has 4 nitrogen and oxygen atoms in total. The summed E-state index contributed by atoms with van der Waals surface area (Å²) in [6.45, 7) is 6.57. The fourth-order valence-corrected chi connectivity index (χ4v) is 3.12. The third kappa shape index (κ3) is 2.40. The lowest BCUT2D eigenvalue weighted by Gasteiger charge is -2.40. The predicted molar refractivity (Wildman–Crippen MR) is 81.5 cm³/mol. The van der Waals surface area contributed by atoms with Crippen LogP contribution in [0.1, 0.15) is 44.1 Å². The molecule has 2 unspecified atom stereocenters. The number of halogens is 1. The van der Waals surface area contributed by atoms with Gasteiger partial charge in [-0.25, -0.2) is 9.37 Å². The van der Waals surface area contributed by atoms with Gasteiger partial charge in [-0.2, -0.15) is 0 Å². The molecule has 1 amide bonds. The van der Waals surface area contributed by atoms with Crippen LogP contribution in [0.15, 0.2) is 36.8 Å². The minimum atomic E-state index is -0.264. The highest BCUT2D eigenvalue weighted by atomic mass is 19.1. The Labute approximate surface area is 129 Å². The lowest BCUT2D eigenvalue weighted by molar-refractivity contribution is -0.141. The number of fused-ring (bicyclic) bond motifs is 1. The molecule has 0 aliphatic carbocycles. The van der Waals surface area contributed by atoms with Crippen molar-refractivity contribution >= 4 is 5.91 Å². The van der Waals surface area contributed by atoms with E-state index in [1.807, 2.05) is 36.4 Å². The third-order valence-corrected chi connectivity index (χ3v) is 4.32. The van der Waals surface area contributed by atoms with E-state index in [1.54, 1.807) is 18.5 Å². The van der Waals surface area contributed by atoms with Gasteiger partial charge in [0.15, 0.2) is 0 Å². The zero-order valence-corrected chi connectivity index (χ0v) is 13.0. The minimum absolute atomic E-state index is 0.0462. The summed E-state index contributed by atoms with van der Waals surface area (Å²) in [7, 11) is 0. The van der Waals surface area contributed by atoms with Gasteiger partial charge < -0.3 is 9.47 Å². The summed E-state index contributed by atoms with van der Waals surface area (Å²) in [5, 5.41) is 0. The predicted octanol–water partition coefficient (Wildman–Crippen LogP) is 3.32. The van der Waals surface area contributed by atoms with Gasteiger partial charge in [0.25, 0.3) is 0 Å². The van der Waals surface area contributed by atoms with Crippen LogP contribution < -0.4 is 0 Å². The summed E-state index contributed by atoms with van der Waals surface area (Å²) >= 11 is 0. The number of hydrogen-bond donors (Lipinski definition) is 0. The van der Waals surface area contributed by atoms with E-state index in [-0.39, 0.29) is 29.7 Å². The molecule has 0 spiro atoms. The van der Waals surface area contributed by atoms with E-state index in [0.717, 1.165) is 11.3 Å². The van der Waals surface area contributed by atoms with Crippen molar-refractivity contribution in [3.05, 3.63) is 53.9 Å². The van der Waals surface area contributed by atoms with E-state index in [2.05, 4.69) is 4.98 Å². The molecule has 2 aromatic rings. The van der Waals surface area contributed by atoms with Crippen molar-refractivity contribution < 1.29 is 9.18 Å². The Morgan fingerprint density at radius 1 is 1.27 bits per heavy atom. The average Bonchev–Trinajstić information content (AvgIpc) is 2.94. The van der Waals surface area contributed by atoms with E-state index in [4.69, 9.17) is 0 Å². The smallest absolute Gasteiger partial charge is 0.246 e. The van der Waals surface area contributed by atoms with Crippen molar-refractivity contribution in [2.24, 2.45) is 5.92 Å². The third-order valence-electron chi connectivity index (χ3n) is 4.32. The van der Waals surface area contributed by atoms with Crippen molar-refractivity contribution in [3.63, 3.8) is 0 Å². The monoisotopic (exact) mass is 301 g/mol. The number of hydrogen-bond acceptors (Lipinski definition) is 2. The lowest BCUT2D eigenvalue weighted by atomic mass is 9.97. The largest absolute Gasteiger partial charge is 0.328 e. The number of aromatic nitrogens is 2. The van der Waals surface area contributed by atoms with E-state index in [1.165, 1.54) is 12.1 Å². The minimum Gasteiger partial charge on any atom is -0.328 e. The zero-order valence-electron chi connectivity index (χ0n) is 13.0. The van der Waals surface area contributed by atoms with Crippen LogP contribution in [-0.4, -0.2) is 20.4 Å². The number of benzene rings is 1. The van der Waals surface area contributed by atoms with Crippen LogP contribution in [0.25, 0.3) is 0 Å². The van der Waals surface area contributed by atoms with Gasteiger partial charge in [0.2, 0.25) is 5.91 Å². The Balaban J connectivity index is 1.94. The highest BCUT2D eigenvalue weighted by Crippen LogP contribution is 2.35. The molecule has 116 valence electrons. The molecule has 0 radical (unpaired) electrons. The highest BCUT2D eigenvalue weighted by Gasteiger charge is 2.38. The van der Waals surface area contributed by atoms with Crippen LogP contribution in [0.4, 0.5) is 4.39 Å². The van der Waals surface area contributed by atoms with Gasteiger partial charge in [-0.1, -0.05) is 26.0 Å². The molecule has 1 aliphatic heterocycles. The fourth-order valence-electron chi connectivity index (χ4n) is 3.12. The molecule has 1 aromatic heterocycles. The lowest BCUT2D eigenvalue weighted by Crippen LogP contribution is -2.45. The second-order valence-electron chi connectivity index (χ2n) is 6.18. The summed E-state index contributed by atoms with van der Waals surface area (Å²) in [4.78, 5) is 19.0. The quantitative estimate of drug-likeness (QED) is 0.872. The van der Waals surface area contributed by atoms with Gasteiger partial charge >= 0.3 is 0 Å². The Morgan fingerprint density at radius 3 is 2.59 bits per heavy atom. The number of rotatable bonds is 3. The number of amides is 1. The molecule has 1 aliphatic rings. The van der Waals surface area contributed by atoms with E-state index in [0.29, 0.717) is 6.54 Å². The number of nitrogens with zero attached hydrogens (tertiary/aromatic N) is 3. The number of carbonyl (C=O) groups is 1.